The number of aliphatic hydroxyl groups excluding tert-OH is 1. The van der Waals surface area contributed by atoms with E-state index in [4.69, 9.17) is 18.9 Å². The molecular formula is C19H27NO6. The van der Waals surface area contributed by atoms with E-state index in [-0.39, 0.29) is 30.6 Å². The van der Waals surface area contributed by atoms with E-state index in [0.717, 1.165) is 19.4 Å². The van der Waals surface area contributed by atoms with Crippen LogP contribution in [-0.2, 0) is 23.7 Å². The Labute approximate surface area is 153 Å². The first-order valence-electron chi connectivity index (χ1n) is 9.45. The van der Waals surface area contributed by atoms with Gasteiger partial charge in [-0.2, -0.15) is 0 Å². The first-order chi connectivity index (χ1) is 12.5. The number of hydrogen-bond acceptors (Lipinski definition) is 7. The third-order valence-electron chi connectivity index (χ3n) is 6.09. The number of esters is 1. The maximum atomic E-state index is 12.0. The molecule has 2 N–H and O–H groups in total. The maximum Gasteiger partial charge on any atom is 0.343 e. The lowest BCUT2D eigenvalue weighted by Gasteiger charge is -2.29. The molecule has 0 aliphatic carbocycles. The molecule has 3 fully saturated rings. The summed E-state index contributed by atoms with van der Waals surface area (Å²) in [5, 5.41) is 13.0. The van der Waals surface area contributed by atoms with Gasteiger partial charge < -0.3 is 29.4 Å². The Balaban J connectivity index is 1.74. The average Bonchev–Trinajstić information content (AvgIpc) is 3.21. The minimum absolute atomic E-state index is 0.00754. The van der Waals surface area contributed by atoms with Crippen LogP contribution < -0.4 is 5.32 Å². The van der Waals surface area contributed by atoms with Crippen LogP contribution in [0.4, 0.5) is 0 Å². The van der Waals surface area contributed by atoms with Crippen LogP contribution in [0.15, 0.2) is 22.9 Å². The summed E-state index contributed by atoms with van der Waals surface area (Å²) in [6.45, 7) is 4.82. The fourth-order valence-electron chi connectivity index (χ4n) is 4.95. The Bertz CT molecular complexity index is 671. The van der Waals surface area contributed by atoms with Gasteiger partial charge in [0.1, 0.15) is 5.76 Å². The zero-order chi connectivity index (χ0) is 18.5. The smallest absolute Gasteiger partial charge is 0.343 e. The second kappa shape index (κ2) is 6.55. The normalized spacial score (nSPS) is 41.8. The molecule has 0 aromatic carbocycles. The van der Waals surface area contributed by atoms with Crippen molar-refractivity contribution in [2.24, 2.45) is 11.8 Å². The van der Waals surface area contributed by atoms with Crippen LogP contribution in [0.5, 0.6) is 0 Å². The summed E-state index contributed by atoms with van der Waals surface area (Å²) in [5.74, 6) is 0.321. The lowest BCUT2D eigenvalue weighted by molar-refractivity contribution is -0.208. The third kappa shape index (κ3) is 2.48. The van der Waals surface area contributed by atoms with E-state index in [1.807, 2.05) is 0 Å². The highest BCUT2D eigenvalue weighted by molar-refractivity contribution is 5.93. The van der Waals surface area contributed by atoms with Gasteiger partial charge in [0.05, 0.1) is 24.7 Å². The summed E-state index contributed by atoms with van der Waals surface area (Å²) < 4.78 is 23.7. The summed E-state index contributed by atoms with van der Waals surface area (Å²) in [6.07, 6.45) is 3.40. The highest BCUT2D eigenvalue weighted by atomic mass is 16.7. The number of ether oxygens (including phenoxy) is 4. The standard InChI is InChI=1S/C19H27NO6/c1-10-13-14-12(6-4-8-20-14)25-19(13,7-5-9-21)26-16(10)17-15(23-3)11(2)18(22)24-17/h10,12-14,20-21H,4-9H2,1-3H3. The summed E-state index contributed by atoms with van der Waals surface area (Å²) in [7, 11) is 1.53. The zero-order valence-corrected chi connectivity index (χ0v) is 15.5. The monoisotopic (exact) mass is 365 g/mol. The highest BCUT2D eigenvalue weighted by Gasteiger charge is 2.64. The molecular weight excluding hydrogens is 338 g/mol. The number of piperidine rings is 1. The summed E-state index contributed by atoms with van der Waals surface area (Å²) in [4.78, 5) is 12.0. The lowest BCUT2D eigenvalue weighted by Crippen LogP contribution is -2.47. The molecule has 0 spiro atoms. The van der Waals surface area contributed by atoms with E-state index in [2.05, 4.69) is 12.2 Å². The number of rotatable bonds is 4. The Morgan fingerprint density at radius 3 is 2.96 bits per heavy atom. The van der Waals surface area contributed by atoms with E-state index < -0.39 is 11.8 Å². The molecule has 0 saturated carbocycles. The van der Waals surface area contributed by atoms with Gasteiger partial charge in [-0.05, 0) is 32.7 Å². The molecule has 4 aliphatic rings. The molecule has 4 heterocycles. The maximum absolute atomic E-state index is 12.0. The van der Waals surface area contributed by atoms with E-state index in [9.17, 15) is 9.90 Å². The lowest BCUT2D eigenvalue weighted by atomic mass is 9.79. The molecule has 3 saturated heterocycles. The molecule has 0 aromatic heterocycles. The number of hydrogen-bond donors (Lipinski definition) is 2. The number of allylic oxidation sites excluding steroid dienone is 1. The topological polar surface area (TPSA) is 86.3 Å². The van der Waals surface area contributed by atoms with Crippen molar-refractivity contribution in [3.8, 4) is 0 Å². The Morgan fingerprint density at radius 2 is 2.23 bits per heavy atom. The molecule has 144 valence electrons. The zero-order valence-electron chi connectivity index (χ0n) is 15.5. The van der Waals surface area contributed by atoms with Crippen LogP contribution in [0, 0.1) is 11.8 Å². The first kappa shape index (κ1) is 17.8. The molecule has 4 rings (SSSR count). The minimum atomic E-state index is -0.793. The first-order valence-corrected chi connectivity index (χ1v) is 9.45. The molecule has 5 unspecified atom stereocenters. The van der Waals surface area contributed by atoms with Gasteiger partial charge in [0, 0.05) is 25.0 Å². The molecule has 5 atom stereocenters. The summed E-state index contributed by atoms with van der Waals surface area (Å²) in [6, 6.07) is 0.198. The number of carbonyl (C=O) groups excluding carboxylic acids is 1. The summed E-state index contributed by atoms with van der Waals surface area (Å²) in [5.41, 5.74) is 0.446. The molecule has 7 heteroatoms. The number of cyclic esters (lactones) is 1. The average molecular weight is 365 g/mol. The molecule has 0 bridgehead atoms. The largest absolute Gasteiger partial charge is 0.492 e. The highest BCUT2D eigenvalue weighted by Crippen LogP contribution is 2.56. The number of nitrogens with one attached hydrogen (secondary N) is 1. The second-order valence-corrected chi connectivity index (χ2v) is 7.58. The fourth-order valence-corrected chi connectivity index (χ4v) is 4.95. The molecule has 0 aromatic rings. The van der Waals surface area contributed by atoms with Crippen molar-refractivity contribution in [1.29, 1.82) is 0 Å². The van der Waals surface area contributed by atoms with Gasteiger partial charge in [-0.3, -0.25) is 0 Å². The van der Waals surface area contributed by atoms with Gasteiger partial charge >= 0.3 is 5.97 Å². The molecule has 7 nitrogen and oxygen atoms in total. The van der Waals surface area contributed by atoms with Crippen LogP contribution in [0.2, 0.25) is 0 Å². The van der Waals surface area contributed by atoms with Crippen molar-refractivity contribution in [1.82, 2.24) is 5.32 Å². The van der Waals surface area contributed by atoms with Gasteiger partial charge in [-0.1, -0.05) is 6.92 Å². The quantitative estimate of drug-likeness (QED) is 0.732. The number of fused-ring (bicyclic) bond motifs is 3. The molecule has 26 heavy (non-hydrogen) atoms. The molecule has 4 aliphatic heterocycles. The van der Waals surface area contributed by atoms with Gasteiger partial charge in [0.15, 0.2) is 5.76 Å². The third-order valence-corrected chi connectivity index (χ3v) is 6.09. The van der Waals surface area contributed by atoms with Crippen molar-refractivity contribution >= 4 is 5.97 Å². The van der Waals surface area contributed by atoms with Gasteiger partial charge in [0.2, 0.25) is 11.5 Å². The predicted molar refractivity (Wildman–Crippen MR) is 91.5 cm³/mol. The van der Waals surface area contributed by atoms with E-state index in [1.165, 1.54) is 7.11 Å². The van der Waals surface area contributed by atoms with Gasteiger partial charge in [0.25, 0.3) is 0 Å². The predicted octanol–water partition coefficient (Wildman–Crippen LogP) is 1.58. The number of carbonyl (C=O) groups is 1. The van der Waals surface area contributed by atoms with E-state index in [1.54, 1.807) is 6.92 Å². The fraction of sp³-hybridized carbons (Fsp3) is 0.737. The van der Waals surface area contributed by atoms with Crippen molar-refractivity contribution in [2.45, 2.75) is 57.5 Å². The van der Waals surface area contributed by atoms with E-state index in [0.29, 0.717) is 35.7 Å². The van der Waals surface area contributed by atoms with Crippen molar-refractivity contribution in [3.63, 3.8) is 0 Å². The van der Waals surface area contributed by atoms with Crippen LogP contribution in [0.3, 0.4) is 0 Å². The Hall–Kier alpha value is -1.57. The number of methoxy groups -OCH3 is 1. The van der Waals surface area contributed by atoms with Crippen molar-refractivity contribution in [3.05, 3.63) is 22.9 Å². The van der Waals surface area contributed by atoms with E-state index >= 15 is 0 Å². The van der Waals surface area contributed by atoms with Crippen molar-refractivity contribution in [2.75, 3.05) is 20.3 Å². The van der Waals surface area contributed by atoms with Crippen LogP contribution in [0.25, 0.3) is 0 Å². The number of aliphatic hydroxyl groups is 1. The van der Waals surface area contributed by atoms with Crippen LogP contribution in [-0.4, -0.2) is 49.3 Å². The minimum Gasteiger partial charge on any atom is -0.492 e. The molecule has 0 amide bonds. The second-order valence-electron chi connectivity index (χ2n) is 7.58. The van der Waals surface area contributed by atoms with Crippen LogP contribution in [0.1, 0.15) is 39.5 Å². The van der Waals surface area contributed by atoms with Crippen LogP contribution >= 0.6 is 0 Å². The van der Waals surface area contributed by atoms with Gasteiger partial charge in [-0.25, -0.2) is 4.79 Å². The van der Waals surface area contributed by atoms with Gasteiger partial charge in [-0.15, -0.1) is 0 Å². The van der Waals surface area contributed by atoms with Crippen molar-refractivity contribution < 1.29 is 28.8 Å². The Kier molecular flexibility index (Phi) is 4.49. The summed E-state index contributed by atoms with van der Waals surface area (Å²) >= 11 is 0. The SMILES string of the molecule is COC1=C(C)C(=O)OC1=C1OC2(CCCO)OC3CCCNC3C2C1C. The molecule has 0 radical (unpaired) electrons. The Morgan fingerprint density at radius 1 is 1.42 bits per heavy atom.